The Balaban J connectivity index is 0.000000490. The molecule has 2 nitrogen and oxygen atoms in total. The minimum Gasteiger partial charge on any atom is -0.429 e. The van der Waals surface area contributed by atoms with Crippen LogP contribution >= 0.6 is 0 Å². The molecule has 3 heteroatoms. The topological polar surface area (TPSA) is 21.6 Å². The third-order valence-electron chi connectivity index (χ3n) is 0.862. The fourth-order valence-corrected chi connectivity index (χ4v) is 0.411. The Morgan fingerprint density at radius 3 is 2.38 bits per heavy atom. The summed E-state index contributed by atoms with van der Waals surface area (Å²) in [4.78, 5) is 4.85. The van der Waals surface area contributed by atoms with Crippen molar-refractivity contribution in [3.8, 4) is 0 Å². The first-order valence-electron chi connectivity index (χ1n) is 2.32. The molecule has 0 unspecified atom stereocenters. The number of rotatable bonds is 0. The van der Waals surface area contributed by atoms with Crippen molar-refractivity contribution < 1.29 is 34.4 Å². The molecule has 0 amide bonds. The van der Waals surface area contributed by atoms with E-state index in [-0.39, 0.29) is 35.2 Å². The molecule has 0 radical (unpaired) electrons. The van der Waals surface area contributed by atoms with Gasteiger partial charge in [-0.05, 0) is 13.8 Å². The van der Waals surface area contributed by atoms with Crippen LogP contribution in [0.4, 0.5) is 0 Å². The molecule has 0 N–H and O–H groups in total. The van der Waals surface area contributed by atoms with Crippen LogP contribution in [0.5, 0.6) is 0 Å². The van der Waals surface area contributed by atoms with Crippen molar-refractivity contribution in [3.63, 3.8) is 0 Å². The van der Waals surface area contributed by atoms with E-state index in [1.54, 1.807) is 0 Å². The maximum Gasteiger partial charge on any atom is 1.00 e. The maximum atomic E-state index is 4.85. The first-order valence-corrected chi connectivity index (χ1v) is 2.32. The summed E-state index contributed by atoms with van der Waals surface area (Å²) in [5, 5.41) is 3.49. The molecule has 0 saturated carbocycles. The van der Waals surface area contributed by atoms with Crippen molar-refractivity contribution in [1.82, 2.24) is 0 Å². The van der Waals surface area contributed by atoms with Crippen LogP contribution in [0.3, 0.4) is 0 Å². The van der Waals surface area contributed by atoms with E-state index in [2.05, 4.69) is 11.4 Å². The molecule has 0 bridgehead atoms. The van der Waals surface area contributed by atoms with Crippen molar-refractivity contribution in [2.75, 3.05) is 0 Å². The van der Waals surface area contributed by atoms with E-state index in [1.807, 2.05) is 13.8 Å². The van der Waals surface area contributed by atoms with Crippen molar-refractivity contribution in [1.29, 1.82) is 0 Å². The molecule has 0 aromatic rings. The molecular formula is C5H8NNaO. The van der Waals surface area contributed by atoms with E-state index in [0.29, 0.717) is 0 Å². The van der Waals surface area contributed by atoms with Gasteiger partial charge >= 0.3 is 29.6 Å². The zero-order valence-electron chi connectivity index (χ0n) is 5.56. The molecule has 1 aliphatic rings. The molecule has 0 aromatic carbocycles. The second-order valence-corrected chi connectivity index (χ2v) is 2.28. The van der Waals surface area contributed by atoms with Crippen LogP contribution in [-0.2, 0) is 4.84 Å². The van der Waals surface area contributed by atoms with Gasteiger partial charge < -0.3 is 16.2 Å². The van der Waals surface area contributed by atoms with Gasteiger partial charge in [0.25, 0.3) is 0 Å². The minimum absolute atomic E-state index is 0. The van der Waals surface area contributed by atoms with Crippen molar-refractivity contribution in [2.45, 2.75) is 25.9 Å². The van der Waals surface area contributed by atoms with Crippen LogP contribution in [0, 0.1) is 0 Å². The molecule has 0 aliphatic carbocycles. The fraction of sp³-hybridized carbons (Fsp3) is 0.800. The average molecular weight is 121 g/mol. The van der Waals surface area contributed by atoms with Gasteiger partial charge in [0.2, 0.25) is 0 Å². The van der Waals surface area contributed by atoms with Gasteiger partial charge in [-0.2, -0.15) is 0 Å². The molecule has 1 rings (SSSR count). The summed E-state index contributed by atoms with van der Waals surface area (Å²) < 4.78 is 0. The van der Waals surface area contributed by atoms with Gasteiger partial charge in [-0.25, -0.2) is 0 Å². The van der Waals surface area contributed by atoms with E-state index < -0.39 is 0 Å². The summed E-state index contributed by atoms with van der Waals surface area (Å²) in [5.74, 6) is 0. The predicted molar refractivity (Wildman–Crippen MR) is 27.2 cm³/mol. The van der Waals surface area contributed by atoms with Crippen molar-refractivity contribution in [2.24, 2.45) is 5.16 Å². The molecule has 1 aliphatic heterocycles. The molecule has 40 valence electrons. The SMILES string of the molecule is CC1(C)C[C-]=NO1.[Na+]. The summed E-state index contributed by atoms with van der Waals surface area (Å²) in [5.41, 5.74) is -0.0833. The number of hydrogen-bond acceptors (Lipinski definition) is 2. The summed E-state index contributed by atoms with van der Waals surface area (Å²) in [7, 11) is 0. The van der Waals surface area contributed by atoms with E-state index in [4.69, 9.17) is 4.84 Å². The Bertz CT molecular complexity index is 90.6. The quantitative estimate of drug-likeness (QED) is 0.270. The summed E-state index contributed by atoms with van der Waals surface area (Å²) in [6, 6.07) is 0. The monoisotopic (exact) mass is 121 g/mol. The zero-order valence-corrected chi connectivity index (χ0v) is 7.56. The Hall–Kier alpha value is 0.470. The molecule has 1 heterocycles. The Morgan fingerprint density at radius 1 is 1.62 bits per heavy atom. The molecular weight excluding hydrogens is 113 g/mol. The van der Waals surface area contributed by atoms with Gasteiger partial charge in [0.05, 0.1) is 0 Å². The molecule has 0 aromatic heterocycles. The average Bonchev–Trinajstić information content (AvgIpc) is 1.84. The Kier molecular flexibility index (Phi) is 3.02. The third kappa shape index (κ3) is 2.16. The van der Waals surface area contributed by atoms with Crippen molar-refractivity contribution >= 4 is 6.21 Å². The predicted octanol–water partition coefficient (Wildman–Crippen LogP) is -1.95. The smallest absolute Gasteiger partial charge is 0.429 e. The first kappa shape index (κ1) is 8.47. The normalized spacial score (nSPS) is 21.8. The Morgan fingerprint density at radius 2 is 2.25 bits per heavy atom. The number of nitrogens with zero attached hydrogens (tertiary/aromatic N) is 1. The molecule has 0 saturated heterocycles. The van der Waals surface area contributed by atoms with E-state index in [0.717, 1.165) is 6.42 Å². The third-order valence-corrected chi connectivity index (χ3v) is 0.862. The molecule has 0 spiro atoms. The van der Waals surface area contributed by atoms with Gasteiger partial charge in [0.15, 0.2) is 0 Å². The van der Waals surface area contributed by atoms with E-state index in [9.17, 15) is 0 Å². The Labute approximate surface area is 71.6 Å². The van der Waals surface area contributed by atoms with Crippen molar-refractivity contribution in [3.05, 3.63) is 0 Å². The molecule has 0 atom stereocenters. The molecule has 8 heavy (non-hydrogen) atoms. The second-order valence-electron chi connectivity index (χ2n) is 2.28. The van der Waals surface area contributed by atoms with Gasteiger partial charge in [-0.1, -0.05) is 0 Å². The summed E-state index contributed by atoms with van der Waals surface area (Å²) in [6.07, 6.45) is 3.53. The first-order chi connectivity index (χ1) is 3.21. The van der Waals surface area contributed by atoms with Crippen LogP contribution in [0.2, 0.25) is 0 Å². The summed E-state index contributed by atoms with van der Waals surface area (Å²) in [6.45, 7) is 3.97. The van der Waals surface area contributed by atoms with Gasteiger partial charge in [0.1, 0.15) is 5.60 Å². The molecule has 0 fully saturated rings. The van der Waals surface area contributed by atoms with Crippen LogP contribution in [0.25, 0.3) is 0 Å². The maximum absolute atomic E-state index is 4.85. The van der Waals surface area contributed by atoms with Gasteiger partial charge in [-0.3, -0.25) is 0 Å². The van der Waals surface area contributed by atoms with Crippen LogP contribution in [0.15, 0.2) is 5.16 Å². The standard InChI is InChI=1S/C5H8NO.Na/c1-5(2)3-4-6-7-5;/h3H2,1-2H3;/q-1;+1. The van der Waals surface area contributed by atoms with E-state index >= 15 is 0 Å². The second kappa shape index (κ2) is 2.85. The zero-order chi connectivity index (χ0) is 5.33. The largest absolute Gasteiger partial charge is 1.00 e. The van der Waals surface area contributed by atoms with Crippen LogP contribution in [-0.4, -0.2) is 11.8 Å². The minimum atomic E-state index is -0.0833. The van der Waals surface area contributed by atoms with Crippen LogP contribution < -0.4 is 29.6 Å². The number of hydrogen-bond donors (Lipinski definition) is 0. The van der Waals surface area contributed by atoms with Gasteiger partial charge in [0, 0.05) is 0 Å². The van der Waals surface area contributed by atoms with Gasteiger partial charge in [-0.15, -0.1) is 6.42 Å². The van der Waals surface area contributed by atoms with E-state index in [1.165, 1.54) is 0 Å². The fourth-order valence-electron chi connectivity index (χ4n) is 0.411. The summed E-state index contributed by atoms with van der Waals surface area (Å²) >= 11 is 0. The van der Waals surface area contributed by atoms with Crippen LogP contribution in [0.1, 0.15) is 20.3 Å².